The number of carbonyl (C=O) groups excluding carboxylic acids is 2. The van der Waals surface area contributed by atoms with Crippen molar-refractivity contribution in [2.75, 3.05) is 24.2 Å². The molecule has 2 rings (SSSR count). The molecule has 0 saturated carbocycles. The summed E-state index contributed by atoms with van der Waals surface area (Å²) in [5.41, 5.74) is 0.912. The molecule has 2 unspecified atom stereocenters. The van der Waals surface area contributed by atoms with Crippen LogP contribution in [0, 0.1) is 0 Å². The molecule has 0 saturated heterocycles. The number of ether oxygens (including phenoxy) is 1. The Morgan fingerprint density at radius 2 is 1.77 bits per heavy atom. The fourth-order valence-electron chi connectivity index (χ4n) is 3.27. The minimum absolute atomic E-state index is 0.0735. The summed E-state index contributed by atoms with van der Waals surface area (Å²) < 4.78 is 31.4. The molecule has 11 heteroatoms. The number of benzene rings is 2. The van der Waals surface area contributed by atoms with Crippen LogP contribution in [0.15, 0.2) is 42.5 Å². The van der Waals surface area contributed by atoms with Gasteiger partial charge in [-0.1, -0.05) is 42.3 Å². The molecule has 2 atom stereocenters. The molecule has 0 heterocycles. The van der Waals surface area contributed by atoms with E-state index in [0.717, 1.165) is 22.5 Å². The van der Waals surface area contributed by atoms with Crippen molar-refractivity contribution in [1.29, 1.82) is 0 Å². The van der Waals surface area contributed by atoms with Crippen LogP contribution in [0.2, 0.25) is 10.0 Å². The lowest BCUT2D eigenvalue weighted by molar-refractivity contribution is -0.139. The first-order chi connectivity index (χ1) is 16.4. The highest BCUT2D eigenvalue weighted by atomic mass is 35.5. The Morgan fingerprint density at radius 1 is 1.09 bits per heavy atom. The van der Waals surface area contributed by atoms with Gasteiger partial charge < -0.3 is 15.0 Å². The average Bonchev–Trinajstić information content (AvgIpc) is 2.81. The molecule has 0 aromatic heterocycles. The zero-order valence-corrected chi connectivity index (χ0v) is 22.7. The number of sulfonamides is 1. The highest BCUT2D eigenvalue weighted by Crippen LogP contribution is 2.28. The van der Waals surface area contributed by atoms with Crippen molar-refractivity contribution < 1.29 is 22.7 Å². The first kappa shape index (κ1) is 28.7. The molecule has 2 amide bonds. The Hall–Kier alpha value is -2.49. The van der Waals surface area contributed by atoms with E-state index in [-0.39, 0.29) is 34.2 Å². The van der Waals surface area contributed by atoms with Gasteiger partial charge in [-0.05, 0) is 56.2 Å². The van der Waals surface area contributed by atoms with Crippen molar-refractivity contribution in [3.63, 3.8) is 0 Å². The van der Waals surface area contributed by atoms with E-state index >= 15 is 0 Å². The number of anilines is 1. The zero-order valence-electron chi connectivity index (χ0n) is 20.4. The highest BCUT2D eigenvalue weighted by molar-refractivity contribution is 7.92. The summed E-state index contributed by atoms with van der Waals surface area (Å²) in [6, 6.07) is 10.5. The molecule has 192 valence electrons. The van der Waals surface area contributed by atoms with Gasteiger partial charge in [0.2, 0.25) is 21.8 Å². The number of carbonyl (C=O) groups is 2. The quantitative estimate of drug-likeness (QED) is 0.460. The molecule has 1 N–H and O–H groups in total. The molecule has 0 fully saturated rings. The number of halogens is 2. The number of amides is 2. The van der Waals surface area contributed by atoms with Crippen LogP contribution < -0.4 is 14.4 Å². The van der Waals surface area contributed by atoms with Crippen LogP contribution in [-0.2, 0) is 26.2 Å². The van der Waals surface area contributed by atoms with Crippen LogP contribution in [0.4, 0.5) is 5.69 Å². The van der Waals surface area contributed by atoms with Crippen LogP contribution in [0.1, 0.15) is 32.8 Å². The Kier molecular flexibility index (Phi) is 10.2. The largest absolute Gasteiger partial charge is 0.497 e. The third-order valence-electron chi connectivity index (χ3n) is 5.53. The van der Waals surface area contributed by atoms with Gasteiger partial charge in [-0.15, -0.1) is 0 Å². The van der Waals surface area contributed by atoms with Crippen LogP contribution in [0.5, 0.6) is 5.75 Å². The molecule has 0 aliphatic carbocycles. The second kappa shape index (κ2) is 12.5. The van der Waals surface area contributed by atoms with Crippen LogP contribution in [0.25, 0.3) is 0 Å². The maximum Gasteiger partial charge on any atom is 0.244 e. The van der Waals surface area contributed by atoms with Crippen LogP contribution in [-0.4, -0.2) is 57.1 Å². The third kappa shape index (κ3) is 8.02. The van der Waals surface area contributed by atoms with Gasteiger partial charge in [0.25, 0.3) is 0 Å². The maximum absolute atomic E-state index is 13.5. The van der Waals surface area contributed by atoms with Gasteiger partial charge in [-0.2, -0.15) is 0 Å². The van der Waals surface area contributed by atoms with Gasteiger partial charge in [-0.25, -0.2) is 8.42 Å². The molecule has 2 aromatic carbocycles. The van der Waals surface area contributed by atoms with Crippen molar-refractivity contribution in [3.8, 4) is 5.75 Å². The van der Waals surface area contributed by atoms with Crippen LogP contribution in [0.3, 0.4) is 0 Å². The minimum Gasteiger partial charge on any atom is -0.497 e. The molecule has 0 radical (unpaired) electrons. The summed E-state index contributed by atoms with van der Waals surface area (Å²) in [5.74, 6) is -0.299. The van der Waals surface area contributed by atoms with E-state index in [9.17, 15) is 18.0 Å². The Balaban J connectivity index is 2.42. The predicted octanol–water partition coefficient (Wildman–Crippen LogP) is 4.10. The van der Waals surface area contributed by atoms with E-state index in [0.29, 0.717) is 5.75 Å². The molecule has 0 bridgehead atoms. The minimum atomic E-state index is -3.87. The number of hydrogen-bond acceptors (Lipinski definition) is 5. The van der Waals surface area contributed by atoms with E-state index in [4.69, 9.17) is 27.9 Å². The summed E-state index contributed by atoms with van der Waals surface area (Å²) in [5, 5.41) is 3.29. The lowest BCUT2D eigenvalue weighted by Gasteiger charge is -2.32. The van der Waals surface area contributed by atoms with Crippen molar-refractivity contribution in [2.24, 2.45) is 0 Å². The summed E-state index contributed by atoms with van der Waals surface area (Å²) in [7, 11) is -2.33. The van der Waals surface area contributed by atoms with Crippen molar-refractivity contribution in [3.05, 3.63) is 58.1 Å². The number of hydrogen-bond donors (Lipinski definition) is 1. The van der Waals surface area contributed by atoms with Crippen molar-refractivity contribution in [2.45, 2.75) is 45.8 Å². The van der Waals surface area contributed by atoms with Gasteiger partial charge >= 0.3 is 0 Å². The van der Waals surface area contributed by atoms with Crippen LogP contribution >= 0.6 is 23.2 Å². The highest BCUT2D eigenvalue weighted by Gasteiger charge is 2.30. The van der Waals surface area contributed by atoms with Gasteiger partial charge in [0.15, 0.2) is 0 Å². The zero-order chi connectivity index (χ0) is 26.3. The molecule has 8 nitrogen and oxygen atoms in total. The molecule has 2 aromatic rings. The summed E-state index contributed by atoms with van der Waals surface area (Å²) in [6.07, 6.45) is 1.72. The molecule has 35 heavy (non-hydrogen) atoms. The summed E-state index contributed by atoms with van der Waals surface area (Å²) in [4.78, 5) is 27.8. The van der Waals surface area contributed by atoms with E-state index in [1.807, 2.05) is 13.8 Å². The molecular formula is C24H31Cl2N3O5S. The standard InChI is InChI=1S/C24H31Cl2N3O5S/c1-6-16(2)27-24(31)17(3)28(14-18-8-7-9-20(12-18)34-4)23(30)15-29(35(5,32)33)19-10-11-21(25)22(26)13-19/h7-13,16-17H,6,14-15H2,1-5H3,(H,27,31). The van der Waals surface area contributed by atoms with Crippen molar-refractivity contribution >= 4 is 50.7 Å². The number of methoxy groups -OCH3 is 1. The summed E-state index contributed by atoms with van der Waals surface area (Å²) >= 11 is 12.1. The predicted molar refractivity (Wildman–Crippen MR) is 140 cm³/mol. The second-order valence-electron chi connectivity index (χ2n) is 8.24. The van der Waals surface area contributed by atoms with Gasteiger partial charge in [0.1, 0.15) is 18.3 Å². The van der Waals surface area contributed by atoms with E-state index in [2.05, 4.69) is 5.32 Å². The Bertz CT molecular complexity index is 1160. The molecular weight excluding hydrogens is 513 g/mol. The lowest BCUT2D eigenvalue weighted by atomic mass is 10.1. The smallest absolute Gasteiger partial charge is 0.244 e. The first-order valence-electron chi connectivity index (χ1n) is 11.0. The van der Waals surface area contributed by atoms with Gasteiger partial charge in [-0.3, -0.25) is 13.9 Å². The van der Waals surface area contributed by atoms with Crippen molar-refractivity contribution in [1.82, 2.24) is 10.2 Å². The first-order valence-corrected chi connectivity index (χ1v) is 13.6. The third-order valence-corrected chi connectivity index (χ3v) is 7.41. The Morgan fingerprint density at radius 3 is 2.34 bits per heavy atom. The topological polar surface area (TPSA) is 96.0 Å². The monoisotopic (exact) mass is 543 g/mol. The SMILES string of the molecule is CCC(C)NC(=O)C(C)N(Cc1cccc(OC)c1)C(=O)CN(c1ccc(Cl)c(Cl)c1)S(C)(=O)=O. The number of nitrogens with zero attached hydrogens (tertiary/aromatic N) is 2. The van der Waals surface area contributed by atoms with Gasteiger partial charge in [0.05, 0.1) is 29.1 Å². The number of nitrogens with one attached hydrogen (secondary N) is 1. The second-order valence-corrected chi connectivity index (χ2v) is 11.0. The van der Waals surface area contributed by atoms with Gasteiger partial charge in [0, 0.05) is 12.6 Å². The average molecular weight is 545 g/mol. The van der Waals surface area contributed by atoms with E-state index in [1.54, 1.807) is 31.2 Å². The maximum atomic E-state index is 13.5. The van der Waals surface area contributed by atoms with E-state index < -0.39 is 28.5 Å². The molecule has 0 spiro atoms. The fourth-order valence-corrected chi connectivity index (χ4v) is 4.40. The Labute approximate surface area is 217 Å². The fraction of sp³-hybridized carbons (Fsp3) is 0.417. The normalized spacial score (nSPS) is 13.0. The summed E-state index contributed by atoms with van der Waals surface area (Å²) in [6.45, 7) is 4.97. The molecule has 0 aliphatic heterocycles. The lowest BCUT2D eigenvalue weighted by Crippen LogP contribution is -2.52. The molecule has 0 aliphatic rings. The number of rotatable bonds is 11. The van der Waals surface area contributed by atoms with E-state index in [1.165, 1.54) is 30.2 Å².